The first-order chi connectivity index (χ1) is 9.75. The molecule has 1 heterocycles. The van der Waals surface area contributed by atoms with Crippen LogP contribution in [-0.2, 0) is 0 Å². The van der Waals surface area contributed by atoms with Crippen molar-refractivity contribution in [3.63, 3.8) is 0 Å². The predicted molar refractivity (Wildman–Crippen MR) is 85.0 cm³/mol. The summed E-state index contributed by atoms with van der Waals surface area (Å²) < 4.78 is 0. The van der Waals surface area contributed by atoms with Crippen LogP contribution in [0.25, 0.3) is 10.8 Å². The highest BCUT2D eigenvalue weighted by Crippen LogP contribution is 2.27. The van der Waals surface area contributed by atoms with Gasteiger partial charge in [-0.3, -0.25) is 4.98 Å². The van der Waals surface area contributed by atoms with E-state index >= 15 is 0 Å². The Morgan fingerprint density at radius 2 is 1.85 bits per heavy atom. The van der Waals surface area contributed by atoms with Gasteiger partial charge in [0.25, 0.3) is 0 Å². The van der Waals surface area contributed by atoms with Gasteiger partial charge >= 0.3 is 0 Å². The van der Waals surface area contributed by atoms with Crippen LogP contribution in [0, 0.1) is 6.92 Å². The minimum atomic E-state index is 0.273. The molecule has 2 aromatic carbocycles. The van der Waals surface area contributed by atoms with Gasteiger partial charge in [0.2, 0.25) is 0 Å². The normalized spacial score (nSPS) is 12.3. The second-order valence-corrected chi connectivity index (χ2v) is 5.12. The molecule has 1 aromatic heterocycles. The molecule has 3 aromatic rings. The Kier molecular flexibility index (Phi) is 3.38. The lowest BCUT2D eigenvalue weighted by atomic mass is 10.0. The van der Waals surface area contributed by atoms with Crippen LogP contribution in [0.4, 0.5) is 5.69 Å². The van der Waals surface area contributed by atoms with Gasteiger partial charge < -0.3 is 5.32 Å². The highest BCUT2D eigenvalue weighted by atomic mass is 14.9. The summed E-state index contributed by atoms with van der Waals surface area (Å²) in [5.74, 6) is 0. The van der Waals surface area contributed by atoms with Crippen molar-refractivity contribution in [2.24, 2.45) is 0 Å². The van der Waals surface area contributed by atoms with Crippen LogP contribution in [-0.4, -0.2) is 4.98 Å². The summed E-state index contributed by atoms with van der Waals surface area (Å²) in [5.41, 5.74) is 3.80. The summed E-state index contributed by atoms with van der Waals surface area (Å²) in [6.07, 6.45) is 3.74. The Hall–Kier alpha value is -2.35. The van der Waals surface area contributed by atoms with E-state index in [1.165, 1.54) is 16.5 Å². The molecule has 0 aliphatic heterocycles. The highest BCUT2D eigenvalue weighted by molar-refractivity contribution is 5.93. The minimum absolute atomic E-state index is 0.273. The van der Waals surface area contributed by atoms with E-state index in [1.54, 1.807) is 0 Å². The van der Waals surface area contributed by atoms with Crippen LogP contribution in [0.5, 0.6) is 0 Å². The predicted octanol–water partition coefficient (Wildman–Crippen LogP) is 4.72. The Balaban J connectivity index is 1.96. The van der Waals surface area contributed by atoms with E-state index in [2.05, 4.69) is 72.7 Å². The second kappa shape index (κ2) is 5.33. The zero-order valence-electron chi connectivity index (χ0n) is 11.8. The van der Waals surface area contributed by atoms with Crippen molar-refractivity contribution in [1.29, 1.82) is 0 Å². The molecule has 0 bridgehead atoms. The van der Waals surface area contributed by atoms with Crippen molar-refractivity contribution in [1.82, 2.24) is 4.98 Å². The van der Waals surface area contributed by atoms with Gasteiger partial charge in [-0.1, -0.05) is 36.4 Å². The van der Waals surface area contributed by atoms with E-state index < -0.39 is 0 Å². The molecule has 0 spiro atoms. The van der Waals surface area contributed by atoms with E-state index in [9.17, 15) is 0 Å². The number of nitrogens with zero attached hydrogens (tertiary/aromatic N) is 1. The lowest BCUT2D eigenvalue weighted by Crippen LogP contribution is -2.08. The molecule has 3 rings (SSSR count). The molecule has 0 saturated carbocycles. The molecule has 0 radical (unpaired) electrons. The fourth-order valence-electron chi connectivity index (χ4n) is 2.63. The largest absolute Gasteiger partial charge is 0.378 e. The molecule has 2 nitrogen and oxygen atoms in total. The summed E-state index contributed by atoms with van der Waals surface area (Å²) in [6, 6.07) is 17.1. The average molecular weight is 262 g/mol. The zero-order chi connectivity index (χ0) is 13.9. The van der Waals surface area contributed by atoms with Crippen molar-refractivity contribution in [2.45, 2.75) is 19.9 Å². The summed E-state index contributed by atoms with van der Waals surface area (Å²) in [5, 5.41) is 5.99. The SMILES string of the molecule is Cc1ccccc1C(C)Nc1cccc2cnccc12. The Morgan fingerprint density at radius 3 is 2.70 bits per heavy atom. The maximum atomic E-state index is 4.18. The molecule has 100 valence electrons. The van der Waals surface area contributed by atoms with E-state index in [0.717, 1.165) is 11.1 Å². The molecule has 0 aliphatic rings. The van der Waals surface area contributed by atoms with Crippen LogP contribution in [0.2, 0.25) is 0 Å². The van der Waals surface area contributed by atoms with Crippen LogP contribution in [0.15, 0.2) is 60.9 Å². The van der Waals surface area contributed by atoms with Crippen molar-refractivity contribution < 1.29 is 0 Å². The molecule has 0 fully saturated rings. The molecular weight excluding hydrogens is 244 g/mol. The monoisotopic (exact) mass is 262 g/mol. The number of hydrogen-bond acceptors (Lipinski definition) is 2. The van der Waals surface area contributed by atoms with Gasteiger partial charge in [0.15, 0.2) is 0 Å². The molecule has 1 unspecified atom stereocenters. The molecule has 20 heavy (non-hydrogen) atoms. The van der Waals surface area contributed by atoms with Gasteiger partial charge in [-0.25, -0.2) is 0 Å². The van der Waals surface area contributed by atoms with Crippen molar-refractivity contribution in [2.75, 3.05) is 5.32 Å². The molecule has 0 aliphatic carbocycles. The topological polar surface area (TPSA) is 24.9 Å². The lowest BCUT2D eigenvalue weighted by molar-refractivity contribution is 0.876. The molecule has 1 atom stereocenters. The fourth-order valence-corrected chi connectivity index (χ4v) is 2.63. The van der Waals surface area contributed by atoms with Crippen LogP contribution < -0.4 is 5.32 Å². The maximum absolute atomic E-state index is 4.18. The third-order valence-corrected chi connectivity index (χ3v) is 3.71. The molecule has 1 N–H and O–H groups in total. The third-order valence-electron chi connectivity index (χ3n) is 3.71. The maximum Gasteiger partial charge on any atom is 0.0488 e. The number of hydrogen-bond donors (Lipinski definition) is 1. The summed E-state index contributed by atoms with van der Waals surface area (Å²) >= 11 is 0. The van der Waals surface area contributed by atoms with Gasteiger partial charge in [0.05, 0.1) is 0 Å². The first-order valence-electron chi connectivity index (χ1n) is 6.90. The van der Waals surface area contributed by atoms with Gasteiger partial charge in [-0.2, -0.15) is 0 Å². The van der Waals surface area contributed by atoms with E-state index in [-0.39, 0.29) is 6.04 Å². The molecule has 2 heteroatoms. The number of anilines is 1. The molecular formula is C18H18N2. The van der Waals surface area contributed by atoms with E-state index in [0.29, 0.717) is 0 Å². The number of benzene rings is 2. The van der Waals surface area contributed by atoms with Gasteiger partial charge in [-0.15, -0.1) is 0 Å². The average Bonchev–Trinajstić information content (AvgIpc) is 2.48. The quantitative estimate of drug-likeness (QED) is 0.739. The highest BCUT2D eigenvalue weighted by Gasteiger charge is 2.09. The number of rotatable bonds is 3. The van der Waals surface area contributed by atoms with E-state index in [1.807, 2.05) is 12.4 Å². The number of fused-ring (bicyclic) bond motifs is 1. The number of aryl methyl sites for hydroxylation is 1. The fraction of sp³-hybridized carbons (Fsp3) is 0.167. The van der Waals surface area contributed by atoms with Crippen LogP contribution in [0.3, 0.4) is 0 Å². The van der Waals surface area contributed by atoms with Crippen molar-refractivity contribution >= 4 is 16.5 Å². The first-order valence-corrected chi connectivity index (χ1v) is 6.90. The van der Waals surface area contributed by atoms with Crippen molar-refractivity contribution in [3.05, 3.63) is 72.1 Å². The summed E-state index contributed by atoms with van der Waals surface area (Å²) in [6.45, 7) is 4.35. The molecule has 0 amide bonds. The third kappa shape index (κ3) is 2.37. The number of pyridine rings is 1. The van der Waals surface area contributed by atoms with Crippen LogP contribution >= 0.6 is 0 Å². The van der Waals surface area contributed by atoms with E-state index in [4.69, 9.17) is 0 Å². The zero-order valence-corrected chi connectivity index (χ0v) is 11.8. The van der Waals surface area contributed by atoms with Gasteiger partial charge in [0, 0.05) is 34.9 Å². The minimum Gasteiger partial charge on any atom is -0.378 e. The van der Waals surface area contributed by atoms with Gasteiger partial charge in [0.1, 0.15) is 0 Å². The lowest BCUT2D eigenvalue weighted by Gasteiger charge is -2.19. The Labute approximate surface area is 119 Å². The summed E-state index contributed by atoms with van der Waals surface area (Å²) in [4.78, 5) is 4.18. The molecule has 0 saturated heterocycles. The van der Waals surface area contributed by atoms with Crippen molar-refractivity contribution in [3.8, 4) is 0 Å². The smallest absolute Gasteiger partial charge is 0.0488 e. The number of aromatic nitrogens is 1. The Bertz CT molecular complexity index is 729. The second-order valence-electron chi connectivity index (χ2n) is 5.12. The summed E-state index contributed by atoms with van der Waals surface area (Å²) in [7, 11) is 0. The number of nitrogens with one attached hydrogen (secondary N) is 1. The van der Waals surface area contributed by atoms with Crippen LogP contribution in [0.1, 0.15) is 24.1 Å². The standard InChI is InChI=1S/C18H18N2/c1-13-6-3-4-8-16(13)14(2)20-18-9-5-7-15-12-19-11-10-17(15)18/h3-12,14,20H,1-2H3. The first kappa shape index (κ1) is 12.7. The Morgan fingerprint density at radius 1 is 1.00 bits per heavy atom. The van der Waals surface area contributed by atoms with Gasteiger partial charge in [-0.05, 0) is 37.1 Å².